The van der Waals surface area contributed by atoms with Crippen LogP contribution in [0.25, 0.3) is 0 Å². The van der Waals surface area contributed by atoms with Crippen molar-refractivity contribution in [3.8, 4) is 0 Å². The first-order chi connectivity index (χ1) is 10.3. The summed E-state index contributed by atoms with van der Waals surface area (Å²) in [5.41, 5.74) is 0.658. The Bertz CT molecular complexity index is 535. The van der Waals surface area contributed by atoms with E-state index < -0.39 is 24.1 Å². The molecule has 1 rings (SSSR count). The zero-order valence-corrected chi connectivity index (χ0v) is 12.1. The molecular formula is C15H18O7. The van der Waals surface area contributed by atoms with E-state index in [0.29, 0.717) is 11.1 Å². The number of aliphatic hydroxyl groups excluding tert-OH is 2. The second-order valence-electron chi connectivity index (χ2n) is 4.73. The van der Waals surface area contributed by atoms with Gasteiger partial charge in [-0.3, -0.25) is 14.4 Å². The van der Waals surface area contributed by atoms with Crippen molar-refractivity contribution in [2.24, 2.45) is 0 Å². The van der Waals surface area contributed by atoms with Gasteiger partial charge in [-0.15, -0.1) is 0 Å². The van der Waals surface area contributed by atoms with Crippen LogP contribution < -0.4 is 0 Å². The maximum Gasteiger partial charge on any atom is 0.308 e. The first-order valence-corrected chi connectivity index (χ1v) is 6.63. The number of rotatable bonds is 8. The lowest BCUT2D eigenvalue weighted by Gasteiger charge is -2.17. The molecule has 0 saturated carbocycles. The SMILES string of the molecule is COC(=O)CC(O)C(O)c1ccc(C(=O)CCC(=O)O)cc1. The second kappa shape index (κ2) is 8.26. The van der Waals surface area contributed by atoms with Crippen LogP contribution in [0, 0.1) is 0 Å². The number of hydrogen-bond donors (Lipinski definition) is 3. The van der Waals surface area contributed by atoms with Gasteiger partial charge in [0.25, 0.3) is 0 Å². The fourth-order valence-corrected chi connectivity index (χ4v) is 1.82. The van der Waals surface area contributed by atoms with Crippen molar-refractivity contribution in [2.45, 2.75) is 31.5 Å². The van der Waals surface area contributed by atoms with Crippen LogP contribution in [0.4, 0.5) is 0 Å². The minimum atomic E-state index is -1.32. The van der Waals surface area contributed by atoms with E-state index >= 15 is 0 Å². The normalized spacial score (nSPS) is 13.2. The summed E-state index contributed by atoms with van der Waals surface area (Å²) < 4.78 is 4.40. The van der Waals surface area contributed by atoms with Gasteiger partial charge < -0.3 is 20.1 Å². The number of aliphatic carboxylic acids is 1. The minimum Gasteiger partial charge on any atom is -0.481 e. The van der Waals surface area contributed by atoms with Crippen LogP contribution in [-0.2, 0) is 14.3 Å². The molecule has 0 spiro atoms. The highest BCUT2D eigenvalue weighted by molar-refractivity contribution is 5.97. The molecule has 0 aromatic heterocycles. The van der Waals surface area contributed by atoms with Crippen LogP contribution in [-0.4, -0.2) is 46.3 Å². The second-order valence-corrected chi connectivity index (χ2v) is 4.73. The molecule has 0 saturated heterocycles. The van der Waals surface area contributed by atoms with Crippen molar-refractivity contribution < 1.29 is 34.4 Å². The van der Waals surface area contributed by atoms with Gasteiger partial charge in [0.05, 0.1) is 26.1 Å². The molecule has 0 aliphatic carbocycles. The van der Waals surface area contributed by atoms with Crippen molar-refractivity contribution in [2.75, 3.05) is 7.11 Å². The first kappa shape index (κ1) is 17.8. The Morgan fingerprint density at radius 1 is 1.09 bits per heavy atom. The van der Waals surface area contributed by atoms with Crippen LogP contribution in [0.1, 0.15) is 41.3 Å². The molecule has 1 aromatic rings. The van der Waals surface area contributed by atoms with Gasteiger partial charge in [-0.05, 0) is 5.56 Å². The van der Waals surface area contributed by atoms with E-state index in [4.69, 9.17) is 5.11 Å². The van der Waals surface area contributed by atoms with Crippen LogP contribution in [0.15, 0.2) is 24.3 Å². The Morgan fingerprint density at radius 2 is 1.68 bits per heavy atom. The third-order valence-electron chi connectivity index (χ3n) is 3.11. The number of methoxy groups -OCH3 is 1. The fraction of sp³-hybridized carbons (Fsp3) is 0.400. The van der Waals surface area contributed by atoms with Crippen molar-refractivity contribution in [1.29, 1.82) is 0 Å². The number of ketones is 1. The van der Waals surface area contributed by atoms with Crippen LogP contribution in [0.3, 0.4) is 0 Å². The molecule has 0 aliphatic heterocycles. The van der Waals surface area contributed by atoms with Gasteiger partial charge in [0.2, 0.25) is 0 Å². The summed E-state index contributed by atoms with van der Waals surface area (Å²) in [6, 6.07) is 5.76. The van der Waals surface area contributed by atoms with E-state index in [0.717, 1.165) is 0 Å². The molecule has 7 heteroatoms. The summed E-state index contributed by atoms with van der Waals surface area (Å²) in [6.45, 7) is 0. The zero-order chi connectivity index (χ0) is 16.7. The Morgan fingerprint density at radius 3 is 2.18 bits per heavy atom. The highest BCUT2D eigenvalue weighted by Crippen LogP contribution is 2.20. The standard InChI is InChI=1S/C15H18O7/c1-22-14(20)8-12(17)15(21)10-4-2-9(3-5-10)11(16)6-7-13(18)19/h2-5,12,15,17,21H,6-8H2,1H3,(H,18,19). The highest BCUT2D eigenvalue weighted by Gasteiger charge is 2.22. The number of carboxylic acids is 1. The number of benzene rings is 1. The molecule has 2 atom stereocenters. The zero-order valence-electron chi connectivity index (χ0n) is 12.1. The van der Waals surface area contributed by atoms with Crippen LogP contribution in [0.2, 0.25) is 0 Å². The third-order valence-corrected chi connectivity index (χ3v) is 3.11. The molecule has 0 bridgehead atoms. The maximum atomic E-state index is 11.7. The lowest BCUT2D eigenvalue weighted by atomic mass is 9.99. The predicted molar refractivity (Wildman–Crippen MR) is 75.2 cm³/mol. The van der Waals surface area contributed by atoms with Crippen LogP contribution >= 0.6 is 0 Å². The van der Waals surface area contributed by atoms with Crippen molar-refractivity contribution in [3.05, 3.63) is 35.4 Å². The summed E-state index contributed by atoms with van der Waals surface area (Å²) in [6.07, 6.45) is -3.32. The summed E-state index contributed by atoms with van der Waals surface area (Å²) in [5.74, 6) is -2.02. The summed E-state index contributed by atoms with van der Waals surface area (Å²) in [4.78, 5) is 33.2. The third kappa shape index (κ3) is 5.27. The first-order valence-electron chi connectivity index (χ1n) is 6.63. The van der Waals surface area contributed by atoms with Gasteiger partial charge in [-0.1, -0.05) is 24.3 Å². The van der Waals surface area contributed by atoms with Gasteiger partial charge in [0, 0.05) is 12.0 Å². The Labute approximate surface area is 127 Å². The number of carbonyl (C=O) groups excluding carboxylic acids is 2. The molecule has 0 fully saturated rings. The molecule has 0 amide bonds. The summed E-state index contributed by atoms with van der Waals surface area (Å²) in [5, 5.41) is 28.2. The molecule has 0 radical (unpaired) electrons. The quantitative estimate of drug-likeness (QED) is 0.477. The van der Waals surface area contributed by atoms with Crippen molar-refractivity contribution in [3.63, 3.8) is 0 Å². The van der Waals surface area contributed by atoms with Gasteiger partial charge >= 0.3 is 11.9 Å². The smallest absolute Gasteiger partial charge is 0.308 e. The van der Waals surface area contributed by atoms with Gasteiger partial charge in [-0.25, -0.2) is 0 Å². The largest absolute Gasteiger partial charge is 0.481 e. The molecule has 7 nitrogen and oxygen atoms in total. The summed E-state index contributed by atoms with van der Waals surface area (Å²) in [7, 11) is 1.18. The lowest BCUT2D eigenvalue weighted by Crippen LogP contribution is -2.22. The Kier molecular flexibility index (Phi) is 6.68. The fourth-order valence-electron chi connectivity index (χ4n) is 1.82. The molecule has 1 aromatic carbocycles. The van der Waals surface area contributed by atoms with E-state index in [-0.39, 0.29) is 25.0 Å². The number of esters is 1. The number of Topliss-reactive ketones (excluding diaryl/α,β-unsaturated/α-hetero) is 1. The molecule has 3 N–H and O–H groups in total. The van der Waals surface area contributed by atoms with Gasteiger partial charge in [-0.2, -0.15) is 0 Å². The molecule has 2 unspecified atom stereocenters. The van der Waals surface area contributed by atoms with E-state index in [1.54, 1.807) is 0 Å². The van der Waals surface area contributed by atoms with Gasteiger partial charge in [0.15, 0.2) is 5.78 Å². The van der Waals surface area contributed by atoms with E-state index in [9.17, 15) is 24.6 Å². The average molecular weight is 310 g/mol. The number of carbonyl (C=O) groups is 3. The number of ether oxygens (including phenoxy) is 1. The molecular weight excluding hydrogens is 292 g/mol. The van der Waals surface area contributed by atoms with Crippen molar-refractivity contribution in [1.82, 2.24) is 0 Å². The Hall–Kier alpha value is -2.25. The number of aliphatic hydroxyl groups is 2. The van der Waals surface area contributed by atoms with E-state index in [1.165, 1.54) is 31.4 Å². The van der Waals surface area contributed by atoms with Gasteiger partial charge in [0.1, 0.15) is 6.10 Å². The highest BCUT2D eigenvalue weighted by atomic mass is 16.5. The molecule has 120 valence electrons. The lowest BCUT2D eigenvalue weighted by molar-refractivity contribution is -0.144. The van der Waals surface area contributed by atoms with Crippen LogP contribution in [0.5, 0.6) is 0 Å². The number of carboxylic acid groups (broad SMARTS) is 1. The molecule has 22 heavy (non-hydrogen) atoms. The van der Waals surface area contributed by atoms with Crippen molar-refractivity contribution >= 4 is 17.7 Å². The topological polar surface area (TPSA) is 121 Å². The maximum absolute atomic E-state index is 11.7. The van der Waals surface area contributed by atoms with E-state index in [1.807, 2.05) is 0 Å². The number of hydrogen-bond acceptors (Lipinski definition) is 6. The predicted octanol–water partition coefficient (Wildman–Crippen LogP) is 0.692. The Balaban J connectivity index is 2.69. The minimum absolute atomic E-state index is 0.109. The molecule has 0 aliphatic rings. The molecule has 0 heterocycles. The average Bonchev–Trinajstić information content (AvgIpc) is 2.51. The summed E-state index contributed by atoms with van der Waals surface area (Å²) >= 11 is 0. The van der Waals surface area contributed by atoms with E-state index in [2.05, 4.69) is 4.74 Å². The monoisotopic (exact) mass is 310 g/mol.